The van der Waals surface area contributed by atoms with E-state index in [0.717, 1.165) is 29.0 Å². The Labute approximate surface area is 143 Å². The first kappa shape index (κ1) is 16.9. The zero-order chi connectivity index (χ0) is 17.4. The number of hydrogen-bond donors (Lipinski definition) is 0. The van der Waals surface area contributed by atoms with Crippen LogP contribution in [0.2, 0.25) is 0 Å². The van der Waals surface area contributed by atoms with E-state index in [0.29, 0.717) is 0 Å². The van der Waals surface area contributed by atoms with Crippen molar-refractivity contribution in [3.05, 3.63) is 59.4 Å². The quantitative estimate of drug-likeness (QED) is 0.835. The summed E-state index contributed by atoms with van der Waals surface area (Å²) < 4.78 is 31.9. The maximum absolute atomic E-state index is 12.2. The lowest BCUT2D eigenvalue weighted by Crippen LogP contribution is -2.30. The molecule has 5 nitrogen and oxygen atoms in total. The van der Waals surface area contributed by atoms with Crippen LogP contribution in [0.15, 0.2) is 42.6 Å². The van der Waals surface area contributed by atoms with Gasteiger partial charge in [0.1, 0.15) is 11.4 Å². The number of sulfonamides is 1. The van der Waals surface area contributed by atoms with Crippen molar-refractivity contribution in [1.82, 2.24) is 9.29 Å². The van der Waals surface area contributed by atoms with E-state index >= 15 is 0 Å². The normalized spacial score (nSPS) is 16.0. The molecule has 0 fully saturated rings. The average Bonchev–Trinajstić information content (AvgIpc) is 2.81. The minimum Gasteiger partial charge on any atom is -0.487 e. The van der Waals surface area contributed by atoms with E-state index in [2.05, 4.69) is 4.98 Å². The Balaban J connectivity index is 1.89. The molecule has 0 N–H and O–H groups in total. The molecule has 0 saturated heterocycles. The van der Waals surface area contributed by atoms with Crippen LogP contribution in [0.1, 0.15) is 30.7 Å². The van der Waals surface area contributed by atoms with Crippen molar-refractivity contribution >= 4 is 10.0 Å². The summed E-state index contributed by atoms with van der Waals surface area (Å²) in [4.78, 5) is 4.23. The topological polar surface area (TPSA) is 59.5 Å². The fraction of sp³-hybridized carbons (Fsp3) is 0.389. The smallest absolute Gasteiger partial charge is 0.211 e. The molecule has 0 atom stereocenters. The largest absolute Gasteiger partial charge is 0.487 e. The van der Waals surface area contributed by atoms with Gasteiger partial charge in [0.2, 0.25) is 10.0 Å². The van der Waals surface area contributed by atoms with Gasteiger partial charge in [0, 0.05) is 24.7 Å². The molecule has 0 bridgehead atoms. The fourth-order valence-corrected chi connectivity index (χ4v) is 3.70. The van der Waals surface area contributed by atoms with Gasteiger partial charge in [-0.2, -0.15) is 4.31 Å². The third kappa shape index (κ3) is 3.76. The number of nitrogens with zero attached hydrogens (tertiary/aromatic N) is 2. The highest BCUT2D eigenvalue weighted by atomic mass is 32.2. The van der Waals surface area contributed by atoms with Gasteiger partial charge in [0.15, 0.2) is 0 Å². The highest BCUT2D eigenvalue weighted by molar-refractivity contribution is 7.88. The number of para-hydroxylation sites is 1. The van der Waals surface area contributed by atoms with Crippen molar-refractivity contribution in [2.24, 2.45) is 0 Å². The maximum atomic E-state index is 12.2. The molecule has 0 radical (unpaired) electrons. The molecule has 3 rings (SSSR count). The Kier molecular flexibility index (Phi) is 4.36. The van der Waals surface area contributed by atoms with Crippen LogP contribution in [0.4, 0.5) is 0 Å². The lowest BCUT2D eigenvalue weighted by Gasteiger charge is -2.22. The second kappa shape index (κ2) is 6.18. The molecule has 2 aromatic rings. The standard InChI is InChI=1S/C18H22N2O3S/c1-18(2)11-14-7-6-8-15(17(14)23-18)12-20(24(3,21)22)13-16-9-4-5-10-19-16/h4-10H,11-13H2,1-3H3. The van der Waals surface area contributed by atoms with Crippen LogP contribution >= 0.6 is 0 Å². The predicted molar refractivity (Wildman–Crippen MR) is 93.2 cm³/mol. The zero-order valence-electron chi connectivity index (χ0n) is 14.2. The van der Waals surface area contributed by atoms with Crippen LogP contribution < -0.4 is 4.74 Å². The first-order valence-corrected chi connectivity index (χ1v) is 9.74. The van der Waals surface area contributed by atoms with Gasteiger partial charge in [0.05, 0.1) is 18.5 Å². The summed E-state index contributed by atoms with van der Waals surface area (Å²) in [7, 11) is -3.37. The Morgan fingerprint density at radius 1 is 1.17 bits per heavy atom. The molecule has 0 aliphatic carbocycles. The molecule has 1 aliphatic rings. The summed E-state index contributed by atoms with van der Waals surface area (Å²) in [5.74, 6) is 0.817. The van der Waals surface area contributed by atoms with Crippen molar-refractivity contribution in [1.29, 1.82) is 0 Å². The third-order valence-electron chi connectivity index (χ3n) is 4.05. The Morgan fingerprint density at radius 3 is 2.62 bits per heavy atom. The average molecular weight is 346 g/mol. The summed E-state index contributed by atoms with van der Waals surface area (Å²) in [6.45, 7) is 4.60. The first-order valence-electron chi connectivity index (χ1n) is 7.89. The lowest BCUT2D eigenvalue weighted by molar-refractivity contribution is 0.136. The van der Waals surface area contributed by atoms with Gasteiger partial charge < -0.3 is 4.74 Å². The van der Waals surface area contributed by atoms with Gasteiger partial charge in [-0.15, -0.1) is 0 Å². The van der Waals surface area contributed by atoms with Gasteiger partial charge in [-0.05, 0) is 31.5 Å². The molecule has 1 aliphatic heterocycles. The lowest BCUT2D eigenvalue weighted by atomic mass is 10.0. The van der Waals surface area contributed by atoms with Crippen LogP contribution in [0.3, 0.4) is 0 Å². The molecule has 6 heteroatoms. The molecule has 0 spiro atoms. The highest BCUT2D eigenvalue weighted by Gasteiger charge is 2.32. The number of ether oxygens (including phenoxy) is 1. The van der Waals surface area contributed by atoms with Crippen LogP contribution in [-0.2, 0) is 29.5 Å². The summed E-state index contributed by atoms with van der Waals surface area (Å²) >= 11 is 0. The summed E-state index contributed by atoms with van der Waals surface area (Å²) in [5, 5.41) is 0. The van der Waals surface area contributed by atoms with Crippen molar-refractivity contribution in [2.75, 3.05) is 6.26 Å². The van der Waals surface area contributed by atoms with Crippen LogP contribution in [-0.4, -0.2) is 29.6 Å². The number of fused-ring (bicyclic) bond motifs is 1. The number of pyridine rings is 1. The van der Waals surface area contributed by atoms with Crippen LogP contribution in [0, 0.1) is 0 Å². The minimum atomic E-state index is -3.37. The van der Waals surface area contributed by atoms with Gasteiger partial charge in [-0.1, -0.05) is 24.3 Å². The molecular weight excluding hydrogens is 324 g/mol. The third-order valence-corrected chi connectivity index (χ3v) is 5.25. The Morgan fingerprint density at radius 2 is 1.96 bits per heavy atom. The fourth-order valence-electron chi connectivity index (χ4n) is 2.96. The van der Waals surface area contributed by atoms with Crippen molar-refractivity contribution in [2.45, 2.75) is 39.0 Å². The predicted octanol–water partition coefficient (Wildman–Crippen LogP) is 2.76. The molecule has 1 aromatic heterocycles. The molecular formula is C18H22N2O3S. The second-order valence-corrected chi connectivity index (χ2v) is 8.78. The summed E-state index contributed by atoms with van der Waals surface area (Å²) in [6.07, 6.45) is 3.72. The SMILES string of the molecule is CC1(C)Cc2cccc(CN(Cc3ccccn3)S(C)(=O)=O)c2O1. The van der Waals surface area contributed by atoms with Gasteiger partial charge in [0.25, 0.3) is 0 Å². The summed E-state index contributed by atoms with van der Waals surface area (Å²) in [5.41, 5.74) is 2.48. The van der Waals surface area contributed by atoms with Crippen molar-refractivity contribution < 1.29 is 13.2 Å². The van der Waals surface area contributed by atoms with E-state index in [9.17, 15) is 8.42 Å². The number of aromatic nitrogens is 1. The van der Waals surface area contributed by atoms with E-state index in [1.54, 1.807) is 6.20 Å². The monoisotopic (exact) mass is 346 g/mol. The van der Waals surface area contributed by atoms with Gasteiger partial charge >= 0.3 is 0 Å². The number of hydrogen-bond acceptors (Lipinski definition) is 4. The molecule has 128 valence electrons. The Bertz CT molecular complexity index is 833. The van der Waals surface area contributed by atoms with Crippen molar-refractivity contribution in [3.8, 4) is 5.75 Å². The molecule has 2 heterocycles. The molecule has 24 heavy (non-hydrogen) atoms. The molecule has 0 amide bonds. The maximum Gasteiger partial charge on any atom is 0.211 e. The van der Waals surface area contributed by atoms with Gasteiger partial charge in [-0.3, -0.25) is 4.98 Å². The van der Waals surface area contributed by atoms with Crippen molar-refractivity contribution in [3.63, 3.8) is 0 Å². The number of benzene rings is 1. The molecule has 1 aromatic carbocycles. The Hall–Kier alpha value is -1.92. The molecule has 0 unspecified atom stereocenters. The van der Waals surface area contributed by atoms with E-state index in [4.69, 9.17) is 4.74 Å². The summed E-state index contributed by atoms with van der Waals surface area (Å²) in [6, 6.07) is 11.4. The zero-order valence-corrected chi connectivity index (χ0v) is 15.0. The molecule has 0 saturated carbocycles. The minimum absolute atomic E-state index is 0.243. The highest BCUT2D eigenvalue weighted by Crippen LogP contribution is 2.38. The van der Waals surface area contributed by atoms with E-state index < -0.39 is 10.0 Å². The van der Waals surface area contributed by atoms with Gasteiger partial charge in [-0.25, -0.2) is 8.42 Å². The van der Waals surface area contributed by atoms with E-state index in [-0.39, 0.29) is 18.7 Å². The second-order valence-electron chi connectivity index (χ2n) is 6.80. The van der Waals surface area contributed by atoms with E-state index in [1.165, 1.54) is 10.6 Å². The van der Waals surface area contributed by atoms with E-state index in [1.807, 2.05) is 50.2 Å². The first-order chi connectivity index (χ1) is 11.2. The van der Waals surface area contributed by atoms with Crippen LogP contribution in [0.25, 0.3) is 0 Å². The van der Waals surface area contributed by atoms with Crippen LogP contribution in [0.5, 0.6) is 5.75 Å². The number of rotatable bonds is 5.